The summed E-state index contributed by atoms with van der Waals surface area (Å²) in [5, 5.41) is 10.5. The Bertz CT molecular complexity index is 604. The number of rotatable bonds is 3. The van der Waals surface area contributed by atoms with Crippen LogP contribution in [-0.2, 0) is 4.79 Å². The molecule has 0 bridgehead atoms. The minimum atomic E-state index is -0.321. The van der Waals surface area contributed by atoms with Gasteiger partial charge in [-0.15, -0.1) is 12.4 Å². The fraction of sp³-hybridized carbons (Fsp3) is 0.375. The monoisotopic (exact) mass is 320 g/mol. The van der Waals surface area contributed by atoms with Gasteiger partial charge in [-0.3, -0.25) is 4.79 Å². The number of carbonyl (C=O) groups excluding carboxylic acids is 1. The van der Waals surface area contributed by atoms with E-state index < -0.39 is 0 Å². The van der Waals surface area contributed by atoms with Gasteiger partial charge in [-0.05, 0) is 56.6 Å². The molecule has 0 saturated carbocycles. The second-order valence-electron chi connectivity index (χ2n) is 5.79. The van der Waals surface area contributed by atoms with E-state index in [0.717, 1.165) is 37.3 Å². The molecule has 1 saturated heterocycles. The van der Waals surface area contributed by atoms with Crippen LogP contribution in [0.25, 0.3) is 5.69 Å². The quantitative estimate of drug-likeness (QED) is 0.914. The topological polar surface area (TPSA) is 59.0 Å². The van der Waals surface area contributed by atoms with Gasteiger partial charge < -0.3 is 10.6 Å². The molecule has 1 aliphatic rings. The third kappa shape index (κ3) is 3.48. The van der Waals surface area contributed by atoms with E-state index in [1.807, 2.05) is 43.5 Å². The summed E-state index contributed by atoms with van der Waals surface area (Å²) in [4.78, 5) is 12.4. The zero-order valence-electron chi connectivity index (χ0n) is 12.6. The van der Waals surface area contributed by atoms with Crippen molar-refractivity contribution in [3.8, 4) is 5.69 Å². The minimum absolute atomic E-state index is 0. The van der Waals surface area contributed by atoms with Crippen LogP contribution < -0.4 is 10.6 Å². The first kappa shape index (κ1) is 16.5. The lowest BCUT2D eigenvalue weighted by molar-refractivity contribution is -0.125. The molecular weight excluding hydrogens is 300 g/mol. The number of nitrogens with zero attached hydrogens (tertiary/aromatic N) is 2. The van der Waals surface area contributed by atoms with Gasteiger partial charge in [0, 0.05) is 24.6 Å². The van der Waals surface area contributed by atoms with Gasteiger partial charge in [-0.2, -0.15) is 5.10 Å². The molecule has 6 heteroatoms. The number of aromatic nitrogens is 2. The van der Waals surface area contributed by atoms with Crippen LogP contribution >= 0.6 is 12.4 Å². The first-order chi connectivity index (χ1) is 10.2. The van der Waals surface area contributed by atoms with Crippen molar-refractivity contribution in [3.05, 3.63) is 42.7 Å². The van der Waals surface area contributed by atoms with Gasteiger partial charge in [0.1, 0.15) is 0 Å². The van der Waals surface area contributed by atoms with Crippen LogP contribution in [-0.4, -0.2) is 28.8 Å². The van der Waals surface area contributed by atoms with E-state index in [9.17, 15) is 4.79 Å². The lowest BCUT2D eigenvalue weighted by Crippen LogP contribution is -2.46. The second-order valence-corrected chi connectivity index (χ2v) is 5.79. The maximum absolute atomic E-state index is 12.4. The molecule has 22 heavy (non-hydrogen) atoms. The Morgan fingerprint density at radius 3 is 2.73 bits per heavy atom. The van der Waals surface area contributed by atoms with E-state index in [2.05, 4.69) is 15.7 Å². The Balaban J connectivity index is 0.00000176. The SMILES string of the molecule is CC1(C(=O)Nc2ccc(-n3cccn3)cc2)CCCNC1.Cl. The third-order valence-electron chi connectivity index (χ3n) is 4.04. The van der Waals surface area contributed by atoms with Gasteiger partial charge in [-0.1, -0.05) is 0 Å². The summed E-state index contributed by atoms with van der Waals surface area (Å²) in [7, 11) is 0. The standard InChI is InChI=1S/C16H20N4O.ClH/c1-16(8-2-9-17-12-16)15(21)19-13-4-6-14(7-5-13)20-11-3-10-18-20;/h3-7,10-11,17H,2,8-9,12H2,1H3,(H,19,21);1H. The largest absolute Gasteiger partial charge is 0.326 e. The highest BCUT2D eigenvalue weighted by Gasteiger charge is 2.34. The summed E-state index contributed by atoms with van der Waals surface area (Å²) < 4.78 is 1.79. The lowest BCUT2D eigenvalue weighted by atomic mass is 9.82. The van der Waals surface area contributed by atoms with Gasteiger partial charge in [-0.25, -0.2) is 4.68 Å². The normalized spacial score (nSPS) is 21.0. The average Bonchev–Trinajstić information content (AvgIpc) is 3.03. The third-order valence-corrected chi connectivity index (χ3v) is 4.04. The molecule has 1 aliphatic heterocycles. The van der Waals surface area contributed by atoms with Crippen LogP contribution in [0.4, 0.5) is 5.69 Å². The minimum Gasteiger partial charge on any atom is -0.326 e. The molecule has 0 radical (unpaired) electrons. The van der Waals surface area contributed by atoms with Gasteiger partial charge in [0.2, 0.25) is 5.91 Å². The predicted molar refractivity (Wildman–Crippen MR) is 89.7 cm³/mol. The van der Waals surface area contributed by atoms with E-state index in [0.29, 0.717) is 0 Å². The molecule has 1 fully saturated rings. The van der Waals surface area contributed by atoms with Crippen LogP contribution in [0, 0.1) is 5.41 Å². The molecular formula is C16H21ClN4O. The number of anilines is 1. The Hall–Kier alpha value is -1.85. The Morgan fingerprint density at radius 2 is 2.14 bits per heavy atom. The van der Waals surface area contributed by atoms with E-state index in [4.69, 9.17) is 0 Å². The predicted octanol–water partition coefficient (Wildman–Crippen LogP) is 2.62. The van der Waals surface area contributed by atoms with Crippen LogP contribution in [0.2, 0.25) is 0 Å². The Labute approximate surface area is 136 Å². The van der Waals surface area contributed by atoms with Gasteiger partial charge in [0.25, 0.3) is 0 Å². The highest BCUT2D eigenvalue weighted by atomic mass is 35.5. The van der Waals surface area contributed by atoms with Crippen molar-refractivity contribution in [2.75, 3.05) is 18.4 Å². The maximum Gasteiger partial charge on any atom is 0.231 e. The van der Waals surface area contributed by atoms with Crippen molar-refractivity contribution in [2.24, 2.45) is 5.41 Å². The smallest absolute Gasteiger partial charge is 0.231 e. The summed E-state index contributed by atoms with van der Waals surface area (Å²) >= 11 is 0. The second kappa shape index (κ2) is 6.94. The average molecular weight is 321 g/mol. The Morgan fingerprint density at radius 1 is 1.36 bits per heavy atom. The maximum atomic E-state index is 12.4. The molecule has 1 atom stereocenters. The van der Waals surface area contributed by atoms with Crippen molar-refractivity contribution in [1.29, 1.82) is 0 Å². The van der Waals surface area contributed by atoms with Gasteiger partial charge in [0.05, 0.1) is 11.1 Å². The number of hydrogen-bond acceptors (Lipinski definition) is 3. The summed E-state index contributed by atoms with van der Waals surface area (Å²) in [6.45, 7) is 3.76. The number of benzene rings is 1. The number of nitrogens with one attached hydrogen (secondary N) is 2. The number of amides is 1. The highest BCUT2D eigenvalue weighted by Crippen LogP contribution is 2.27. The van der Waals surface area contributed by atoms with Crippen LogP contribution in [0.15, 0.2) is 42.7 Å². The lowest BCUT2D eigenvalue weighted by Gasteiger charge is -2.32. The fourth-order valence-electron chi connectivity index (χ4n) is 2.65. The molecule has 1 aromatic carbocycles. The number of carbonyl (C=O) groups is 1. The van der Waals surface area contributed by atoms with Crippen molar-refractivity contribution in [3.63, 3.8) is 0 Å². The highest BCUT2D eigenvalue weighted by molar-refractivity contribution is 5.95. The van der Waals surface area contributed by atoms with Crippen molar-refractivity contribution in [2.45, 2.75) is 19.8 Å². The van der Waals surface area contributed by atoms with Crippen molar-refractivity contribution in [1.82, 2.24) is 15.1 Å². The molecule has 3 rings (SSSR count). The van der Waals surface area contributed by atoms with Crippen LogP contribution in [0.1, 0.15) is 19.8 Å². The number of piperidine rings is 1. The fourth-order valence-corrected chi connectivity index (χ4v) is 2.65. The molecule has 1 unspecified atom stereocenters. The zero-order valence-corrected chi connectivity index (χ0v) is 13.4. The summed E-state index contributed by atoms with van der Waals surface area (Å²) in [5.74, 6) is 0.0848. The molecule has 1 amide bonds. The molecule has 0 spiro atoms. The summed E-state index contributed by atoms with van der Waals surface area (Å²) in [6, 6.07) is 9.60. The summed E-state index contributed by atoms with van der Waals surface area (Å²) in [6.07, 6.45) is 5.61. The molecule has 0 aliphatic carbocycles. The molecule has 2 heterocycles. The first-order valence-corrected chi connectivity index (χ1v) is 7.30. The van der Waals surface area contributed by atoms with Gasteiger partial charge in [0.15, 0.2) is 0 Å². The van der Waals surface area contributed by atoms with E-state index in [-0.39, 0.29) is 23.7 Å². The van der Waals surface area contributed by atoms with Crippen LogP contribution in [0.5, 0.6) is 0 Å². The zero-order chi connectivity index (χ0) is 14.7. The molecule has 1 aromatic heterocycles. The van der Waals surface area contributed by atoms with Crippen molar-refractivity contribution >= 4 is 24.0 Å². The number of halogens is 1. The molecule has 2 aromatic rings. The van der Waals surface area contributed by atoms with E-state index in [1.165, 1.54) is 0 Å². The first-order valence-electron chi connectivity index (χ1n) is 7.30. The Kier molecular flexibility index (Phi) is 5.21. The van der Waals surface area contributed by atoms with E-state index in [1.54, 1.807) is 10.9 Å². The number of hydrogen-bond donors (Lipinski definition) is 2. The van der Waals surface area contributed by atoms with E-state index >= 15 is 0 Å². The van der Waals surface area contributed by atoms with Gasteiger partial charge >= 0.3 is 0 Å². The molecule has 2 N–H and O–H groups in total. The summed E-state index contributed by atoms with van der Waals surface area (Å²) in [5.41, 5.74) is 1.48. The van der Waals surface area contributed by atoms with Crippen LogP contribution in [0.3, 0.4) is 0 Å². The molecule has 5 nitrogen and oxygen atoms in total. The molecule has 118 valence electrons. The van der Waals surface area contributed by atoms with Crippen molar-refractivity contribution < 1.29 is 4.79 Å².